The zero-order valence-electron chi connectivity index (χ0n) is 13.1. The third kappa shape index (κ3) is 4.06. The van der Waals surface area contributed by atoms with Gasteiger partial charge in [-0.1, -0.05) is 13.5 Å². The smallest absolute Gasteiger partial charge is 0.335 e. The molecular formula is C14H20O8. The summed E-state index contributed by atoms with van der Waals surface area (Å²) in [6.45, 7) is 5.37. The van der Waals surface area contributed by atoms with Crippen LogP contribution in [-0.2, 0) is 38.1 Å². The average Bonchev–Trinajstić information content (AvgIpc) is 2.54. The molecule has 0 fully saturated rings. The van der Waals surface area contributed by atoms with Crippen molar-refractivity contribution in [1.29, 1.82) is 0 Å². The van der Waals surface area contributed by atoms with Gasteiger partial charge in [-0.25, -0.2) is 4.79 Å². The van der Waals surface area contributed by atoms with Gasteiger partial charge in [0.2, 0.25) is 0 Å². The highest BCUT2D eigenvalue weighted by Crippen LogP contribution is 2.31. The molecule has 0 spiro atoms. The van der Waals surface area contributed by atoms with Crippen LogP contribution in [0.15, 0.2) is 12.2 Å². The first kappa shape index (κ1) is 19.6. The van der Waals surface area contributed by atoms with Crippen molar-refractivity contribution >= 4 is 23.9 Å². The van der Waals surface area contributed by atoms with E-state index < -0.39 is 35.7 Å². The van der Waals surface area contributed by atoms with Gasteiger partial charge >= 0.3 is 23.9 Å². The third-order valence-corrected chi connectivity index (χ3v) is 2.81. The molecule has 0 rings (SSSR count). The number of hydrogen-bond acceptors (Lipinski definition) is 8. The van der Waals surface area contributed by atoms with Crippen molar-refractivity contribution in [3.63, 3.8) is 0 Å². The van der Waals surface area contributed by atoms with E-state index in [0.717, 1.165) is 21.3 Å². The monoisotopic (exact) mass is 316 g/mol. The van der Waals surface area contributed by atoms with Gasteiger partial charge in [-0.3, -0.25) is 14.4 Å². The van der Waals surface area contributed by atoms with Crippen LogP contribution in [0.2, 0.25) is 0 Å². The van der Waals surface area contributed by atoms with Crippen LogP contribution < -0.4 is 0 Å². The molecule has 0 aromatic rings. The second-order valence-electron chi connectivity index (χ2n) is 4.30. The maximum absolute atomic E-state index is 12.0. The fourth-order valence-electron chi connectivity index (χ4n) is 1.68. The second-order valence-corrected chi connectivity index (χ2v) is 4.30. The Balaban J connectivity index is 5.62. The molecule has 0 N–H and O–H groups in total. The van der Waals surface area contributed by atoms with Crippen molar-refractivity contribution in [3.8, 4) is 0 Å². The third-order valence-electron chi connectivity index (χ3n) is 2.81. The molecule has 124 valence electrons. The van der Waals surface area contributed by atoms with Crippen molar-refractivity contribution in [2.24, 2.45) is 5.41 Å². The Morgan fingerprint density at radius 3 is 1.64 bits per heavy atom. The van der Waals surface area contributed by atoms with Gasteiger partial charge in [0.05, 0.1) is 27.9 Å². The number of rotatable bonds is 8. The number of hydrogen-bond donors (Lipinski definition) is 0. The summed E-state index contributed by atoms with van der Waals surface area (Å²) in [5.41, 5.74) is -2.71. The van der Waals surface area contributed by atoms with Crippen LogP contribution in [0.25, 0.3) is 0 Å². The molecular weight excluding hydrogens is 296 g/mol. The van der Waals surface area contributed by atoms with Gasteiger partial charge in [-0.2, -0.15) is 0 Å². The fourth-order valence-corrected chi connectivity index (χ4v) is 1.68. The number of methoxy groups -OCH3 is 3. The number of ether oxygens (including phenoxy) is 4. The van der Waals surface area contributed by atoms with Crippen LogP contribution in [0, 0.1) is 5.41 Å². The maximum Gasteiger partial charge on any atom is 0.335 e. The summed E-state index contributed by atoms with van der Waals surface area (Å²) in [6, 6.07) is 0. The van der Waals surface area contributed by atoms with E-state index in [4.69, 9.17) is 4.74 Å². The SMILES string of the molecule is C=C(CC(C(=O)OC)(C(=O)OC)C(=O)OC)C(=O)OCCC. The van der Waals surface area contributed by atoms with Crippen LogP contribution in [0.3, 0.4) is 0 Å². The van der Waals surface area contributed by atoms with E-state index >= 15 is 0 Å². The van der Waals surface area contributed by atoms with Crippen molar-refractivity contribution in [2.45, 2.75) is 19.8 Å². The van der Waals surface area contributed by atoms with Crippen LogP contribution >= 0.6 is 0 Å². The standard InChI is InChI=1S/C14H20O8/c1-6-7-22-10(15)9(2)8-14(11(16)19-3,12(17)20-4)13(18)21-5/h2,6-8H2,1,3-5H3. The molecule has 0 aliphatic carbocycles. The highest BCUT2D eigenvalue weighted by atomic mass is 16.6. The van der Waals surface area contributed by atoms with Gasteiger partial charge < -0.3 is 18.9 Å². The van der Waals surface area contributed by atoms with Gasteiger partial charge in [0.1, 0.15) is 0 Å². The molecule has 0 amide bonds. The van der Waals surface area contributed by atoms with E-state index in [2.05, 4.69) is 20.8 Å². The summed E-state index contributed by atoms with van der Waals surface area (Å²) < 4.78 is 18.3. The van der Waals surface area contributed by atoms with E-state index in [1.165, 1.54) is 0 Å². The first-order chi connectivity index (χ1) is 10.3. The summed E-state index contributed by atoms with van der Waals surface area (Å²) in [7, 11) is 2.96. The molecule has 0 aliphatic heterocycles. The van der Waals surface area contributed by atoms with E-state index in [-0.39, 0.29) is 12.2 Å². The highest BCUT2D eigenvalue weighted by Gasteiger charge is 2.57. The predicted molar refractivity (Wildman–Crippen MR) is 73.5 cm³/mol. The highest BCUT2D eigenvalue weighted by molar-refractivity contribution is 6.18. The van der Waals surface area contributed by atoms with Crippen molar-refractivity contribution in [2.75, 3.05) is 27.9 Å². The molecule has 0 aromatic heterocycles. The molecule has 0 heterocycles. The Bertz CT molecular complexity index is 425. The average molecular weight is 316 g/mol. The van der Waals surface area contributed by atoms with Crippen molar-refractivity contribution < 1.29 is 38.1 Å². The molecule has 8 nitrogen and oxygen atoms in total. The molecule has 0 radical (unpaired) electrons. The first-order valence-electron chi connectivity index (χ1n) is 6.41. The van der Waals surface area contributed by atoms with Crippen LogP contribution in [0.1, 0.15) is 19.8 Å². The quantitative estimate of drug-likeness (QED) is 0.274. The summed E-state index contributed by atoms with van der Waals surface area (Å²) in [5, 5.41) is 0. The lowest BCUT2D eigenvalue weighted by Gasteiger charge is -2.25. The molecule has 0 aromatic carbocycles. The first-order valence-corrected chi connectivity index (χ1v) is 6.41. The van der Waals surface area contributed by atoms with Gasteiger partial charge in [0.15, 0.2) is 0 Å². The number of carbonyl (C=O) groups is 4. The minimum Gasteiger partial charge on any atom is -0.468 e. The lowest BCUT2D eigenvalue weighted by Crippen LogP contribution is -2.49. The topological polar surface area (TPSA) is 105 Å². The van der Waals surface area contributed by atoms with E-state index in [1.54, 1.807) is 6.92 Å². The molecule has 0 unspecified atom stereocenters. The van der Waals surface area contributed by atoms with Gasteiger partial charge in [-0.05, 0) is 6.42 Å². The van der Waals surface area contributed by atoms with Crippen molar-refractivity contribution in [3.05, 3.63) is 12.2 Å². The minimum atomic E-state index is -2.46. The Hall–Kier alpha value is -2.38. The zero-order valence-corrected chi connectivity index (χ0v) is 13.1. The Morgan fingerprint density at radius 1 is 0.909 bits per heavy atom. The predicted octanol–water partition coefficient (Wildman–Crippen LogP) is 0.391. The molecule has 0 saturated heterocycles. The van der Waals surface area contributed by atoms with Gasteiger partial charge in [0.25, 0.3) is 5.41 Å². The summed E-state index contributed by atoms with van der Waals surface area (Å²) >= 11 is 0. The normalized spacial score (nSPS) is 10.4. The summed E-state index contributed by atoms with van der Waals surface area (Å²) in [5.74, 6) is -4.47. The van der Waals surface area contributed by atoms with E-state index in [0.29, 0.717) is 6.42 Å². The fraction of sp³-hybridized carbons (Fsp3) is 0.571. The summed E-state index contributed by atoms with van der Waals surface area (Å²) in [6.07, 6.45) is -0.0866. The number of esters is 4. The second kappa shape index (κ2) is 8.81. The van der Waals surface area contributed by atoms with Gasteiger partial charge in [0, 0.05) is 12.0 Å². The van der Waals surface area contributed by atoms with Gasteiger partial charge in [-0.15, -0.1) is 0 Å². The molecule has 0 bridgehead atoms. The lowest BCUT2D eigenvalue weighted by molar-refractivity contribution is -0.180. The van der Waals surface area contributed by atoms with Crippen molar-refractivity contribution in [1.82, 2.24) is 0 Å². The summed E-state index contributed by atoms with van der Waals surface area (Å²) in [4.78, 5) is 47.7. The lowest BCUT2D eigenvalue weighted by atomic mass is 9.81. The maximum atomic E-state index is 12.0. The minimum absolute atomic E-state index is 0.138. The molecule has 0 saturated carbocycles. The van der Waals surface area contributed by atoms with E-state index in [9.17, 15) is 19.2 Å². The number of carbonyl (C=O) groups excluding carboxylic acids is 4. The Labute approximate surface area is 128 Å². The molecule has 22 heavy (non-hydrogen) atoms. The zero-order chi connectivity index (χ0) is 17.3. The largest absolute Gasteiger partial charge is 0.468 e. The Kier molecular flexibility index (Phi) is 7.85. The van der Waals surface area contributed by atoms with Crippen LogP contribution in [0.4, 0.5) is 0 Å². The van der Waals surface area contributed by atoms with Crippen LogP contribution in [-0.4, -0.2) is 51.8 Å². The Morgan fingerprint density at radius 2 is 1.32 bits per heavy atom. The molecule has 0 atom stereocenters. The van der Waals surface area contributed by atoms with E-state index in [1.807, 2.05) is 0 Å². The molecule has 0 aliphatic rings. The molecule has 8 heteroatoms. The van der Waals surface area contributed by atoms with Crippen LogP contribution in [0.5, 0.6) is 0 Å².